The van der Waals surface area contributed by atoms with E-state index in [1.54, 1.807) is 11.3 Å². The van der Waals surface area contributed by atoms with E-state index in [-0.39, 0.29) is 0 Å². The van der Waals surface area contributed by atoms with Gasteiger partial charge in [0.1, 0.15) is 5.01 Å². The molecule has 2 nitrogen and oxygen atoms in total. The molecule has 0 saturated carbocycles. The standard InChI is InChI=1S/C11H11BrN2S/c1-7-2-3-8(4-9(7)12)10-6-15-11(5-13)14-10/h2-4,6H,5,13H2,1H3. The Kier molecular flexibility index (Phi) is 3.19. The Labute approximate surface area is 101 Å². The van der Waals surface area contributed by atoms with Crippen LogP contribution < -0.4 is 5.73 Å². The van der Waals surface area contributed by atoms with Gasteiger partial charge in [-0.2, -0.15) is 0 Å². The predicted octanol–water partition coefficient (Wildman–Crippen LogP) is 3.34. The van der Waals surface area contributed by atoms with Gasteiger partial charge in [-0.25, -0.2) is 4.98 Å². The van der Waals surface area contributed by atoms with E-state index in [4.69, 9.17) is 5.73 Å². The van der Waals surface area contributed by atoms with Gasteiger partial charge >= 0.3 is 0 Å². The summed E-state index contributed by atoms with van der Waals surface area (Å²) < 4.78 is 1.11. The summed E-state index contributed by atoms with van der Waals surface area (Å²) in [6, 6.07) is 6.25. The Morgan fingerprint density at radius 1 is 1.47 bits per heavy atom. The van der Waals surface area contributed by atoms with Crippen molar-refractivity contribution in [1.29, 1.82) is 0 Å². The molecule has 0 spiro atoms. The van der Waals surface area contributed by atoms with E-state index in [2.05, 4.69) is 46.0 Å². The van der Waals surface area contributed by atoms with E-state index in [1.807, 2.05) is 5.38 Å². The summed E-state index contributed by atoms with van der Waals surface area (Å²) in [6.45, 7) is 2.58. The molecule has 2 aromatic rings. The molecule has 0 aliphatic rings. The normalized spacial score (nSPS) is 10.6. The van der Waals surface area contributed by atoms with Gasteiger partial charge in [-0.3, -0.25) is 0 Å². The molecule has 0 aliphatic heterocycles. The second-order valence-corrected chi connectivity index (χ2v) is 5.09. The molecule has 0 saturated heterocycles. The van der Waals surface area contributed by atoms with Crippen LogP contribution in [-0.2, 0) is 6.54 Å². The van der Waals surface area contributed by atoms with Crippen molar-refractivity contribution >= 4 is 27.3 Å². The molecule has 78 valence electrons. The average molecular weight is 283 g/mol. The topological polar surface area (TPSA) is 38.9 Å². The van der Waals surface area contributed by atoms with Crippen molar-refractivity contribution in [2.75, 3.05) is 0 Å². The SMILES string of the molecule is Cc1ccc(-c2csc(CN)n2)cc1Br. The van der Waals surface area contributed by atoms with E-state index in [0.29, 0.717) is 6.54 Å². The van der Waals surface area contributed by atoms with Crippen molar-refractivity contribution in [2.45, 2.75) is 13.5 Å². The second kappa shape index (κ2) is 4.43. The first-order chi connectivity index (χ1) is 7.20. The number of halogens is 1. The van der Waals surface area contributed by atoms with Gasteiger partial charge in [0.15, 0.2) is 0 Å². The average Bonchev–Trinajstić information content (AvgIpc) is 2.70. The molecule has 0 amide bonds. The monoisotopic (exact) mass is 282 g/mol. The van der Waals surface area contributed by atoms with Crippen molar-refractivity contribution in [2.24, 2.45) is 5.73 Å². The summed E-state index contributed by atoms with van der Waals surface area (Å²) in [5.41, 5.74) is 8.89. The molecule has 1 heterocycles. The summed E-state index contributed by atoms with van der Waals surface area (Å²) in [5, 5.41) is 3.01. The maximum Gasteiger partial charge on any atom is 0.107 e. The Morgan fingerprint density at radius 3 is 2.87 bits per heavy atom. The minimum Gasteiger partial charge on any atom is -0.325 e. The zero-order valence-electron chi connectivity index (χ0n) is 8.33. The van der Waals surface area contributed by atoms with E-state index >= 15 is 0 Å². The first kappa shape index (κ1) is 10.8. The van der Waals surface area contributed by atoms with Crippen LogP contribution in [0.25, 0.3) is 11.3 Å². The maximum absolute atomic E-state index is 5.53. The van der Waals surface area contributed by atoms with Crippen LogP contribution in [0, 0.1) is 6.92 Å². The van der Waals surface area contributed by atoms with Crippen LogP contribution in [0.15, 0.2) is 28.1 Å². The molecule has 0 aliphatic carbocycles. The molecular formula is C11H11BrN2S. The molecule has 4 heteroatoms. The third kappa shape index (κ3) is 2.27. The zero-order valence-corrected chi connectivity index (χ0v) is 10.7. The van der Waals surface area contributed by atoms with Gasteiger partial charge in [-0.05, 0) is 18.6 Å². The van der Waals surface area contributed by atoms with Crippen LogP contribution >= 0.6 is 27.3 Å². The highest BCUT2D eigenvalue weighted by Gasteiger charge is 2.04. The Balaban J connectivity index is 2.40. The van der Waals surface area contributed by atoms with Crippen LogP contribution in [-0.4, -0.2) is 4.98 Å². The first-order valence-corrected chi connectivity index (χ1v) is 6.29. The van der Waals surface area contributed by atoms with Crippen LogP contribution in [0.3, 0.4) is 0 Å². The summed E-state index contributed by atoms with van der Waals surface area (Å²) in [4.78, 5) is 4.44. The summed E-state index contributed by atoms with van der Waals surface area (Å²) in [6.07, 6.45) is 0. The van der Waals surface area contributed by atoms with Crippen molar-refractivity contribution in [3.63, 3.8) is 0 Å². The number of aryl methyl sites for hydroxylation is 1. The van der Waals surface area contributed by atoms with Crippen LogP contribution in [0.4, 0.5) is 0 Å². The Hall–Kier alpha value is -0.710. The van der Waals surface area contributed by atoms with E-state index < -0.39 is 0 Å². The van der Waals surface area contributed by atoms with Crippen molar-refractivity contribution in [3.8, 4) is 11.3 Å². The molecule has 1 aromatic carbocycles. The number of benzene rings is 1. The van der Waals surface area contributed by atoms with Crippen molar-refractivity contribution < 1.29 is 0 Å². The molecule has 2 N–H and O–H groups in total. The van der Waals surface area contributed by atoms with Crippen molar-refractivity contribution in [1.82, 2.24) is 4.98 Å². The largest absolute Gasteiger partial charge is 0.325 e. The number of hydrogen-bond acceptors (Lipinski definition) is 3. The van der Waals surface area contributed by atoms with Crippen LogP contribution in [0.2, 0.25) is 0 Å². The fourth-order valence-corrected chi connectivity index (χ4v) is 2.35. The van der Waals surface area contributed by atoms with E-state index in [1.165, 1.54) is 5.56 Å². The molecule has 0 unspecified atom stereocenters. The molecule has 1 aromatic heterocycles. The summed E-state index contributed by atoms with van der Waals surface area (Å²) in [5.74, 6) is 0. The number of thiazole rings is 1. The highest BCUT2D eigenvalue weighted by atomic mass is 79.9. The van der Waals surface area contributed by atoms with Crippen molar-refractivity contribution in [3.05, 3.63) is 38.6 Å². The molecule has 15 heavy (non-hydrogen) atoms. The molecule has 0 atom stereocenters. The maximum atomic E-state index is 5.53. The van der Waals surface area contributed by atoms with Gasteiger partial charge in [-0.15, -0.1) is 11.3 Å². The van der Waals surface area contributed by atoms with Gasteiger partial charge in [0.2, 0.25) is 0 Å². The van der Waals surface area contributed by atoms with Crippen LogP contribution in [0.1, 0.15) is 10.6 Å². The lowest BCUT2D eigenvalue weighted by Gasteiger charge is -2.00. The fourth-order valence-electron chi connectivity index (χ4n) is 1.29. The lowest BCUT2D eigenvalue weighted by molar-refractivity contribution is 1.04. The Bertz CT molecular complexity index is 479. The third-order valence-electron chi connectivity index (χ3n) is 2.19. The van der Waals surface area contributed by atoms with E-state index in [9.17, 15) is 0 Å². The number of rotatable bonds is 2. The highest BCUT2D eigenvalue weighted by Crippen LogP contribution is 2.26. The molecule has 0 fully saturated rings. The second-order valence-electron chi connectivity index (χ2n) is 3.29. The lowest BCUT2D eigenvalue weighted by atomic mass is 10.1. The molecule has 0 radical (unpaired) electrons. The van der Waals surface area contributed by atoms with Gasteiger partial charge in [0.05, 0.1) is 5.69 Å². The number of aromatic nitrogens is 1. The summed E-state index contributed by atoms with van der Waals surface area (Å²) in [7, 11) is 0. The van der Waals surface area contributed by atoms with Gasteiger partial charge in [-0.1, -0.05) is 28.1 Å². The Morgan fingerprint density at radius 2 is 2.27 bits per heavy atom. The third-order valence-corrected chi connectivity index (χ3v) is 3.92. The summed E-state index contributed by atoms with van der Waals surface area (Å²) >= 11 is 5.12. The zero-order chi connectivity index (χ0) is 10.8. The first-order valence-electron chi connectivity index (χ1n) is 4.61. The number of nitrogens with zero attached hydrogens (tertiary/aromatic N) is 1. The van der Waals surface area contributed by atoms with Gasteiger partial charge in [0, 0.05) is 22.0 Å². The van der Waals surface area contributed by atoms with E-state index in [0.717, 1.165) is 20.7 Å². The number of nitrogens with two attached hydrogens (primary N) is 1. The van der Waals surface area contributed by atoms with Gasteiger partial charge < -0.3 is 5.73 Å². The number of hydrogen-bond donors (Lipinski definition) is 1. The highest BCUT2D eigenvalue weighted by molar-refractivity contribution is 9.10. The predicted molar refractivity (Wildman–Crippen MR) is 67.9 cm³/mol. The minimum atomic E-state index is 0.512. The minimum absolute atomic E-state index is 0.512. The molecule has 2 rings (SSSR count). The van der Waals surface area contributed by atoms with Gasteiger partial charge in [0.25, 0.3) is 0 Å². The quantitative estimate of drug-likeness (QED) is 0.918. The smallest absolute Gasteiger partial charge is 0.107 e. The fraction of sp³-hybridized carbons (Fsp3) is 0.182. The molecular weight excluding hydrogens is 272 g/mol. The van der Waals surface area contributed by atoms with Crippen LogP contribution in [0.5, 0.6) is 0 Å². The lowest BCUT2D eigenvalue weighted by Crippen LogP contribution is -1.94. The molecule has 0 bridgehead atoms.